The fraction of sp³-hybridized carbons (Fsp3) is 0.182. The third-order valence-corrected chi connectivity index (χ3v) is 4.28. The van der Waals surface area contributed by atoms with Gasteiger partial charge in [-0.05, 0) is 23.4 Å². The summed E-state index contributed by atoms with van der Waals surface area (Å²) in [6.07, 6.45) is 0. The van der Waals surface area contributed by atoms with Crippen molar-refractivity contribution in [1.29, 1.82) is 0 Å². The Morgan fingerprint density at radius 3 is 2.90 bits per heavy atom. The molecule has 0 aliphatic rings. The van der Waals surface area contributed by atoms with E-state index in [9.17, 15) is 8.42 Å². The molecule has 8 nitrogen and oxygen atoms in total. The summed E-state index contributed by atoms with van der Waals surface area (Å²) in [6.45, 7) is -0.338. The summed E-state index contributed by atoms with van der Waals surface area (Å²) in [5.74, 6) is 5.48. The molecule has 0 amide bonds. The third-order valence-electron chi connectivity index (χ3n) is 2.30. The summed E-state index contributed by atoms with van der Waals surface area (Å²) < 4.78 is 35.2. The average molecular weight is 326 g/mol. The Kier molecular flexibility index (Phi) is 4.69. The Labute approximate surface area is 125 Å². The quantitative estimate of drug-likeness (QED) is 0.765. The van der Waals surface area contributed by atoms with Gasteiger partial charge in [0, 0.05) is 11.5 Å². The molecule has 2 rings (SSSR count). The van der Waals surface area contributed by atoms with Crippen LogP contribution in [0.4, 0.5) is 5.13 Å². The summed E-state index contributed by atoms with van der Waals surface area (Å²) in [5, 5.41) is 15.6. The maximum atomic E-state index is 12.2. The number of aliphatic hydroxyl groups is 1. The van der Waals surface area contributed by atoms with Crippen LogP contribution in [0.25, 0.3) is 0 Å². The molecular formula is C11H10N4O4S2. The summed E-state index contributed by atoms with van der Waals surface area (Å²) >= 11 is 0.822. The Hall–Kier alpha value is -2.22. The Bertz CT molecular complexity index is 778. The zero-order valence-corrected chi connectivity index (χ0v) is 12.4. The Morgan fingerprint density at radius 2 is 2.29 bits per heavy atom. The Morgan fingerprint density at radius 1 is 1.48 bits per heavy atom. The second-order valence-corrected chi connectivity index (χ2v) is 6.01. The van der Waals surface area contributed by atoms with E-state index < -0.39 is 10.0 Å². The first-order valence-electron chi connectivity index (χ1n) is 5.52. The number of hydrogen-bond donors (Lipinski definition) is 2. The summed E-state index contributed by atoms with van der Waals surface area (Å²) in [7, 11) is -2.38. The number of aromatic nitrogens is 3. The molecule has 0 aliphatic heterocycles. The molecule has 0 radical (unpaired) electrons. The van der Waals surface area contributed by atoms with Crippen molar-refractivity contribution in [2.24, 2.45) is 0 Å². The highest BCUT2D eigenvalue weighted by Gasteiger charge is 2.18. The van der Waals surface area contributed by atoms with Crippen molar-refractivity contribution in [2.45, 2.75) is 4.90 Å². The van der Waals surface area contributed by atoms with Gasteiger partial charge in [-0.2, -0.15) is 0 Å². The van der Waals surface area contributed by atoms with Crippen molar-refractivity contribution in [3.05, 3.63) is 23.8 Å². The van der Waals surface area contributed by atoms with E-state index in [0.29, 0.717) is 11.3 Å². The minimum absolute atomic E-state index is 0.0132. The Balaban J connectivity index is 2.39. The van der Waals surface area contributed by atoms with E-state index in [-0.39, 0.29) is 16.6 Å². The number of sulfonamides is 1. The van der Waals surface area contributed by atoms with E-state index in [4.69, 9.17) is 9.84 Å². The molecule has 0 bridgehead atoms. The van der Waals surface area contributed by atoms with Crippen LogP contribution in [0, 0.1) is 11.8 Å². The van der Waals surface area contributed by atoms with Gasteiger partial charge in [-0.3, -0.25) is 4.72 Å². The number of methoxy groups -OCH3 is 1. The molecular weight excluding hydrogens is 316 g/mol. The predicted octanol–water partition coefficient (Wildman–Crippen LogP) is 0.0863. The molecule has 1 heterocycles. The van der Waals surface area contributed by atoms with E-state index in [0.717, 1.165) is 11.5 Å². The van der Waals surface area contributed by atoms with Crippen molar-refractivity contribution < 1.29 is 18.3 Å². The van der Waals surface area contributed by atoms with Gasteiger partial charge in [0.2, 0.25) is 5.13 Å². The van der Waals surface area contributed by atoms with Crippen molar-refractivity contribution >= 4 is 26.7 Å². The largest absolute Gasteiger partial charge is 0.495 e. The molecule has 10 heteroatoms. The lowest BCUT2D eigenvalue weighted by Crippen LogP contribution is -2.13. The molecule has 2 N–H and O–H groups in total. The first-order chi connectivity index (χ1) is 10.1. The molecule has 0 spiro atoms. The smallest absolute Gasteiger partial charge is 0.263 e. The van der Waals surface area contributed by atoms with Gasteiger partial charge in [0.1, 0.15) is 12.4 Å². The number of hydrogen-bond acceptors (Lipinski definition) is 8. The molecule has 2 aromatic rings. The van der Waals surface area contributed by atoms with E-state index >= 15 is 0 Å². The number of ether oxygens (including phenoxy) is 1. The lowest BCUT2D eigenvalue weighted by molar-refractivity contribution is 0.350. The van der Waals surface area contributed by atoms with Crippen molar-refractivity contribution in [1.82, 2.24) is 14.8 Å². The van der Waals surface area contributed by atoms with Gasteiger partial charge < -0.3 is 9.84 Å². The standard InChI is InChI=1S/C11H10N4O4S2/c1-19-10-5-4-9(7-8(10)3-2-6-16)21(17,18)13-11-12-14-15-20-11/h4-5,7,16H,6H2,1H3,(H,12,13,15). The SMILES string of the molecule is COc1ccc(S(=O)(=O)Nc2nnns2)cc1C#CCO. The second kappa shape index (κ2) is 6.49. The van der Waals surface area contributed by atoms with Gasteiger partial charge in [0.15, 0.2) is 0 Å². The topological polar surface area (TPSA) is 114 Å². The highest BCUT2D eigenvalue weighted by atomic mass is 32.2. The molecule has 0 aliphatic carbocycles. The molecule has 0 saturated carbocycles. The number of aliphatic hydroxyl groups excluding tert-OH is 1. The molecule has 110 valence electrons. The fourth-order valence-electron chi connectivity index (χ4n) is 1.43. The molecule has 0 atom stereocenters. The van der Waals surface area contributed by atoms with Crippen LogP contribution >= 0.6 is 11.5 Å². The zero-order valence-electron chi connectivity index (χ0n) is 10.8. The highest BCUT2D eigenvalue weighted by Crippen LogP contribution is 2.23. The molecule has 0 saturated heterocycles. The van der Waals surface area contributed by atoms with Crippen LogP contribution in [0.2, 0.25) is 0 Å². The summed E-state index contributed by atoms with van der Waals surface area (Å²) in [6, 6.07) is 4.20. The van der Waals surface area contributed by atoms with Crippen LogP contribution in [-0.2, 0) is 10.0 Å². The molecule has 0 unspecified atom stereocenters. The van der Waals surface area contributed by atoms with Gasteiger partial charge in [0.05, 0.1) is 17.6 Å². The number of nitrogens with zero attached hydrogens (tertiary/aromatic N) is 3. The van der Waals surface area contributed by atoms with Crippen LogP contribution in [0.15, 0.2) is 23.1 Å². The normalized spacial score (nSPS) is 10.6. The number of rotatable bonds is 4. The fourth-order valence-corrected chi connectivity index (χ4v) is 3.04. The lowest BCUT2D eigenvalue weighted by Gasteiger charge is -2.08. The molecule has 1 aromatic carbocycles. The number of nitrogens with one attached hydrogen (secondary N) is 1. The minimum Gasteiger partial charge on any atom is -0.495 e. The van der Waals surface area contributed by atoms with Gasteiger partial charge in [-0.1, -0.05) is 21.4 Å². The van der Waals surface area contributed by atoms with E-state index in [1.807, 2.05) is 0 Å². The first-order valence-corrected chi connectivity index (χ1v) is 7.78. The zero-order chi connectivity index (χ0) is 15.3. The first kappa shape index (κ1) is 15.2. The lowest BCUT2D eigenvalue weighted by atomic mass is 10.2. The van der Waals surface area contributed by atoms with Crippen molar-refractivity contribution in [3.63, 3.8) is 0 Å². The van der Waals surface area contributed by atoms with Gasteiger partial charge in [-0.25, -0.2) is 8.42 Å². The van der Waals surface area contributed by atoms with Gasteiger partial charge in [-0.15, -0.1) is 0 Å². The van der Waals surface area contributed by atoms with E-state index in [1.165, 1.54) is 25.3 Å². The van der Waals surface area contributed by atoms with Crippen LogP contribution in [0.5, 0.6) is 5.75 Å². The monoisotopic (exact) mass is 326 g/mol. The maximum Gasteiger partial charge on any atom is 0.263 e. The maximum absolute atomic E-state index is 12.2. The van der Waals surface area contributed by atoms with Gasteiger partial charge >= 0.3 is 0 Å². The summed E-state index contributed by atoms with van der Waals surface area (Å²) in [4.78, 5) is -0.0132. The predicted molar refractivity (Wildman–Crippen MR) is 75.5 cm³/mol. The van der Waals surface area contributed by atoms with Crippen LogP contribution in [-0.4, -0.2) is 42.0 Å². The van der Waals surface area contributed by atoms with Crippen LogP contribution in [0.1, 0.15) is 5.56 Å². The molecule has 0 fully saturated rings. The van der Waals surface area contributed by atoms with Gasteiger partial charge in [0.25, 0.3) is 10.0 Å². The van der Waals surface area contributed by atoms with Crippen molar-refractivity contribution in [2.75, 3.05) is 18.4 Å². The molecule has 21 heavy (non-hydrogen) atoms. The van der Waals surface area contributed by atoms with Crippen molar-refractivity contribution in [3.8, 4) is 17.6 Å². The van der Waals surface area contributed by atoms with Crippen LogP contribution < -0.4 is 9.46 Å². The number of anilines is 1. The second-order valence-electron chi connectivity index (χ2n) is 3.60. The average Bonchev–Trinajstić information content (AvgIpc) is 2.96. The third kappa shape index (κ3) is 3.66. The van der Waals surface area contributed by atoms with Crippen LogP contribution in [0.3, 0.4) is 0 Å². The van der Waals surface area contributed by atoms with E-state index in [2.05, 4.69) is 31.4 Å². The summed E-state index contributed by atoms with van der Waals surface area (Å²) in [5.41, 5.74) is 0.352. The highest BCUT2D eigenvalue weighted by molar-refractivity contribution is 7.93. The van der Waals surface area contributed by atoms with E-state index in [1.54, 1.807) is 0 Å². The molecule has 1 aromatic heterocycles. The minimum atomic E-state index is -3.82. The number of benzene rings is 1.